The SMILES string of the molecule is Cc1cccc(C[C@@H]2CC(=O)N(c3cc(C)on3)C2=O)c1. The van der Waals surface area contributed by atoms with Gasteiger partial charge in [0.25, 0.3) is 0 Å². The number of imide groups is 1. The van der Waals surface area contributed by atoms with E-state index in [0.717, 1.165) is 16.0 Å². The lowest BCUT2D eigenvalue weighted by Gasteiger charge is -2.11. The summed E-state index contributed by atoms with van der Waals surface area (Å²) in [6.45, 7) is 3.74. The van der Waals surface area contributed by atoms with Crippen LogP contribution in [0.25, 0.3) is 0 Å². The van der Waals surface area contributed by atoms with Crippen LogP contribution in [0, 0.1) is 19.8 Å². The highest BCUT2D eigenvalue weighted by atomic mass is 16.5. The van der Waals surface area contributed by atoms with Crippen molar-refractivity contribution >= 4 is 17.6 Å². The lowest BCUT2D eigenvalue weighted by atomic mass is 9.97. The van der Waals surface area contributed by atoms with Crippen molar-refractivity contribution in [2.24, 2.45) is 5.92 Å². The molecule has 2 aromatic rings. The molecular formula is C16H16N2O3. The molecule has 0 bridgehead atoms. The fourth-order valence-electron chi connectivity index (χ4n) is 2.68. The van der Waals surface area contributed by atoms with Crippen molar-refractivity contribution in [2.45, 2.75) is 26.7 Å². The minimum Gasteiger partial charge on any atom is -0.360 e. The maximum Gasteiger partial charge on any atom is 0.239 e. The number of rotatable bonds is 3. The van der Waals surface area contributed by atoms with Gasteiger partial charge in [0.2, 0.25) is 11.8 Å². The molecule has 1 atom stereocenters. The van der Waals surface area contributed by atoms with Gasteiger partial charge in [-0.3, -0.25) is 9.59 Å². The predicted molar refractivity (Wildman–Crippen MR) is 76.7 cm³/mol. The Labute approximate surface area is 122 Å². The third-order valence-corrected chi connectivity index (χ3v) is 3.65. The molecule has 1 aliphatic rings. The Morgan fingerprint density at radius 1 is 1.29 bits per heavy atom. The summed E-state index contributed by atoms with van der Waals surface area (Å²) in [6, 6.07) is 9.60. The van der Waals surface area contributed by atoms with E-state index in [1.54, 1.807) is 13.0 Å². The minimum atomic E-state index is -0.323. The van der Waals surface area contributed by atoms with Gasteiger partial charge in [-0.1, -0.05) is 35.0 Å². The molecule has 5 heteroatoms. The molecule has 2 heterocycles. The summed E-state index contributed by atoms with van der Waals surface area (Å²) < 4.78 is 4.95. The van der Waals surface area contributed by atoms with Crippen LogP contribution in [-0.4, -0.2) is 17.0 Å². The molecule has 0 aliphatic carbocycles. The number of carbonyl (C=O) groups excluding carboxylic acids is 2. The average Bonchev–Trinajstić information content (AvgIpc) is 2.94. The summed E-state index contributed by atoms with van der Waals surface area (Å²) in [4.78, 5) is 25.7. The number of hydrogen-bond acceptors (Lipinski definition) is 4. The molecule has 108 valence electrons. The molecule has 0 unspecified atom stereocenters. The number of carbonyl (C=O) groups is 2. The van der Waals surface area contributed by atoms with Gasteiger partial charge in [-0.05, 0) is 25.8 Å². The van der Waals surface area contributed by atoms with E-state index < -0.39 is 0 Å². The molecular weight excluding hydrogens is 268 g/mol. The molecule has 1 saturated heterocycles. The van der Waals surface area contributed by atoms with Crippen LogP contribution < -0.4 is 4.90 Å². The van der Waals surface area contributed by atoms with E-state index >= 15 is 0 Å². The molecule has 1 aromatic heterocycles. The first-order chi connectivity index (χ1) is 10.0. The fourth-order valence-corrected chi connectivity index (χ4v) is 2.68. The third-order valence-electron chi connectivity index (χ3n) is 3.65. The molecule has 1 aliphatic heterocycles. The molecule has 21 heavy (non-hydrogen) atoms. The van der Waals surface area contributed by atoms with Gasteiger partial charge in [-0.15, -0.1) is 0 Å². The number of benzene rings is 1. The van der Waals surface area contributed by atoms with E-state index in [9.17, 15) is 9.59 Å². The highest BCUT2D eigenvalue weighted by Crippen LogP contribution is 2.28. The second kappa shape index (κ2) is 5.16. The van der Waals surface area contributed by atoms with Gasteiger partial charge in [0.1, 0.15) is 5.76 Å². The van der Waals surface area contributed by atoms with Crippen LogP contribution in [0.2, 0.25) is 0 Å². The van der Waals surface area contributed by atoms with Gasteiger partial charge < -0.3 is 4.52 Å². The Kier molecular flexibility index (Phi) is 3.33. The van der Waals surface area contributed by atoms with Crippen LogP contribution in [0.5, 0.6) is 0 Å². The quantitative estimate of drug-likeness (QED) is 0.812. The van der Waals surface area contributed by atoms with Crippen LogP contribution in [0.4, 0.5) is 5.82 Å². The Bertz CT molecular complexity index is 705. The van der Waals surface area contributed by atoms with Crippen molar-refractivity contribution in [3.05, 3.63) is 47.2 Å². The Morgan fingerprint density at radius 3 is 2.76 bits per heavy atom. The Morgan fingerprint density at radius 2 is 2.10 bits per heavy atom. The van der Waals surface area contributed by atoms with E-state index in [1.807, 2.05) is 31.2 Å². The predicted octanol–water partition coefficient (Wildman–Crippen LogP) is 2.41. The fraction of sp³-hybridized carbons (Fsp3) is 0.312. The van der Waals surface area contributed by atoms with Crippen molar-refractivity contribution in [2.75, 3.05) is 4.90 Å². The van der Waals surface area contributed by atoms with E-state index in [0.29, 0.717) is 12.2 Å². The molecule has 3 rings (SSSR count). The number of anilines is 1. The third kappa shape index (κ3) is 2.59. The maximum atomic E-state index is 12.4. The highest BCUT2D eigenvalue weighted by molar-refractivity contribution is 6.20. The largest absolute Gasteiger partial charge is 0.360 e. The second-order valence-corrected chi connectivity index (χ2v) is 5.46. The van der Waals surface area contributed by atoms with Gasteiger partial charge in [-0.2, -0.15) is 0 Å². The van der Waals surface area contributed by atoms with Crippen molar-refractivity contribution in [3.63, 3.8) is 0 Å². The second-order valence-electron chi connectivity index (χ2n) is 5.46. The van der Waals surface area contributed by atoms with Crippen molar-refractivity contribution in [1.82, 2.24) is 5.16 Å². The maximum absolute atomic E-state index is 12.4. The summed E-state index contributed by atoms with van der Waals surface area (Å²) in [5, 5.41) is 3.76. The van der Waals surface area contributed by atoms with Gasteiger partial charge >= 0.3 is 0 Å². The van der Waals surface area contributed by atoms with E-state index in [2.05, 4.69) is 5.16 Å². The lowest BCUT2D eigenvalue weighted by molar-refractivity contribution is -0.122. The topological polar surface area (TPSA) is 63.4 Å². The zero-order valence-corrected chi connectivity index (χ0v) is 12.0. The van der Waals surface area contributed by atoms with Gasteiger partial charge in [0.05, 0.1) is 5.92 Å². The molecule has 0 saturated carbocycles. The van der Waals surface area contributed by atoms with Gasteiger partial charge in [-0.25, -0.2) is 4.90 Å². The molecule has 2 amide bonds. The van der Waals surface area contributed by atoms with Crippen LogP contribution in [0.15, 0.2) is 34.9 Å². The number of amides is 2. The summed E-state index contributed by atoms with van der Waals surface area (Å²) in [6.07, 6.45) is 0.790. The van der Waals surface area contributed by atoms with E-state index in [-0.39, 0.29) is 30.0 Å². The zero-order chi connectivity index (χ0) is 15.0. The normalized spacial score (nSPS) is 18.6. The van der Waals surface area contributed by atoms with E-state index in [4.69, 9.17) is 4.52 Å². The molecule has 0 radical (unpaired) electrons. The highest BCUT2D eigenvalue weighted by Gasteiger charge is 2.40. The molecule has 1 fully saturated rings. The summed E-state index contributed by atoms with van der Waals surface area (Å²) >= 11 is 0. The van der Waals surface area contributed by atoms with Crippen molar-refractivity contribution < 1.29 is 14.1 Å². The molecule has 0 N–H and O–H groups in total. The number of nitrogens with zero attached hydrogens (tertiary/aromatic N) is 2. The molecule has 5 nitrogen and oxygen atoms in total. The number of aryl methyl sites for hydroxylation is 2. The van der Waals surface area contributed by atoms with Gasteiger partial charge in [0, 0.05) is 12.5 Å². The number of aromatic nitrogens is 1. The summed E-state index contributed by atoms with van der Waals surface area (Å²) in [5.41, 5.74) is 2.22. The standard InChI is InChI=1S/C16H16N2O3/c1-10-4-3-5-12(6-10)8-13-9-15(19)18(16(13)20)14-7-11(2)21-17-14/h3-7,13H,8-9H2,1-2H3/t13-/m1/s1. The zero-order valence-electron chi connectivity index (χ0n) is 12.0. The number of hydrogen-bond donors (Lipinski definition) is 0. The monoisotopic (exact) mass is 284 g/mol. The Hall–Kier alpha value is -2.43. The van der Waals surface area contributed by atoms with Crippen LogP contribution in [0.3, 0.4) is 0 Å². The first-order valence-electron chi connectivity index (χ1n) is 6.90. The van der Waals surface area contributed by atoms with Gasteiger partial charge in [0.15, 0.2) is 5.82 Å². The Balaban J connectivity index is 1.80. The molecule has 0 spiro atoms. The van der Waals surface area contributed by atoms with Crippen LogP contribution in [0.1, 0.15) is 23.3 Å². The molecule has 1 aromatic carbocycles. The lowest BCUT2D eigenvalue weighted by Crippen LogP contribution is -2.31. The average molecular weight is 284 g/mol. The van der Waals surface area contributed by atoms with Crippen molar-refractivity contribution in [3.8, 4) is 0 Å². The summed E-state index contributed by atoms with van der Waals surface area (Å²) in [7, 11) is 0. The first kappa shape index (κ1) is 13.5. The first-order valence-corrected chi connectivity index (χ1v) is 6.90. The summed E-state index contributed by atoms with van der Waals surface area (Å²) in [5.74, 6) is 0.124. The van der Waals surface area contributed by atoms with Crippen molar-refractivity contribution in [1.29, 1.82) is 0 Å². The van der Waals surface area contributed by atoms with Crippen LogP contribution in [-0.2, 0) is 16.0 Å². The minimum absolute atomic E-state index is 0.199. The van der Waals surface area contributed by atoms with E-state index in [1.165, 1.54) is 0 Å². The van der Waals surface area contributed by atoms with Crippen LogP contribution >= 0.6 is 0 Å². The smallest absolute Gasteiger partial charge is 0.239 e.